The number of nitrogens with one attached hydrogen (secondary N) is 1. The van der Waals surface area contributed by atoms with Gasteiger partial charge in [0.15, 0.2) is 10.8 Å². The number of hydrogen-bond donors (Lipinski definition) is 1. The van der Waals surface area contributed by atoms with Gasteiger partial charge in [-0.3, -0.25) is 4.79 Å². The van der Waals surface area contributed by atoms with E-state index in [0.717, 1.165) is 17.5 Å². The molecule has 1 aliphatic rings. The SMILES string of the molecule is CC1(C)CC(C(=O)Nc2cnc(OC(F)F)c(C#N)c2)c2cnc3cc(Cl)nn3c21. The fourth-order valence-electron chi connectivity index (χ4n) is 3.81. The standard InChI is InChI=1S/C19H15ClF2N6O2/c1-19(2)5-11(12-8-24-14-4-13(20)27-28(14)15(12)19)16(29)26-10-3-9(6-23)17(25-7-10)30-18(21)22/h3-4,7-8,11,18H,5H2,1-2H3,(H,26,29). The van der Waals surface area contributed by atoms with Crippen LogP contribution < -0.4 is 10.1 Å². The molecule has 0 saturated carbocycles. The van der Waals surface area contributed by atoms with Crippen molar-refractivity contribution in [3.8, 4) is 11.9 Å². The molecule has 8 nitrogen and oxygen atoms in total. The zero-order valence-electron chi connectivity index (χ0n) is 15.9. The van der Waals surface area contributed by atoms with Crippen molar-refractivity contribution in [1.29, 1.82) is 5.26 Å². The van der Waals surface area contributed by atoms with Gasteiger partial charge in [0.05, 0.1) is 23.5 Å². The summed E-state index contributed by atoms with van der Waals surface area (Å²) in [7, 11) is 0. The number of ether oxygens (including phenoxy) is 1. The summed E-state index contributed by atoms with van der Waals surface area (Å²) in [5.74, 6) is -1.37. The normalized spacial score (nSPS) is 17.0. The molecule has 1 unspecified atom stereocenters. The number of hydrogen-bond acceptors (Lipinski definition) is 6. The van der Waals surface area contributed by atoms with Crippen molar-refractivity contribution < 1.29 is 18.3 Å². The summed E-state index contributed by atoms with van der Waals surface area (Å²) in [4.78, 5) is 21.1. The summed E-state index contributed by atoms with van der Waals surface area (Å²) in [6.07, 6.45) is 3.30. The molecule has 3 heterocycles. The van der Waals surface area contributed by atoms with Crippen LogP contribution in [0.2, 0.25) is 5.15 Å². The highest BCUT2D eigenvalue weighted by atomic mass is 35.5. The van der Waals surface area contributed by atoms with Gasteiger partial charge in [-0.25, -0.2) is 14.5 Å². The first-order valence-corrected chi connectivity index (χ1v) is 9.28. The average Bonchev–Trinajstić information content (AvgIpc) is 3.18. The summed E-state index contributed by atoms with van der Waals surface area (Å²) in [6.45, 7) is 0.891. The Morgan fingerprint density at radius 2 is 2.17 bits per heavy atom. The number of carbonyl (C=O) groups is 1. The maximum atomic E-state index is 13.0. The fourth-order valence-corrected chi connectivity index (χ4v) is 3.98. The lowest BCUT2D eigenvalue weighted by Gasteiger charge is -2.19. The number of carbonyl (C=O) groups excluding carboxylic acids is 1. The zero-order chi connectivity index (χ0) is 21.6. The first kappa shape index (κ1) is 20.0. The molecular formula is C19H15ClF2N6O2. The number of nitrogens with zero attached hydrogens (tertiary/aromatic N) is 5. The van der Waals surface area contributed by atoms with Crippen LogP contribution in [0.1, 0.15) is 43.0 Å². The largest absolute Gasteiger partial charge is 0.415 e. The molecule has 1 amide bonds. The van der Waals surface area contributed by atoms with E-state index in [1.54, 1.807) is 22.8 Å². The van der Waals surface area contributed by atoms with Gasteiger partial charge in [0.1, 0.15) is 11.6 Å². The van der Waals surface area contributed by atoms with E-state index in [-0.39, 0.29) is 22.6 Å². The van der Waals surface area contributed by atoms with Gasteiger partial charge in [-0.2, -0.15) is 19.1 Å². The predicted octanol–water partition coefficient (Wildman–Crippen LogP) is 3.65. The molecule has 0 bridgehead atoms. The molecular weight excluding hydrogens is 418 g/mol. The van der Waals surface area contributed by atoms with Crippen molar-refractivity contribution >= 4 is 28.8 Å². The minimum atomic E-state index is -3.11. The van der Waals surface area contributed by atoms with Crippen molar-refractivity contribution in [2.45, 2.75) is 38.2 Å². The first-order valence-electron chi connectivity index (χ1n) is 8.90. The second kappa shape index (κ2) is 7.18. The van der Waals surface area contributed by atoms with Crippen LogP contribution in [0.4, 0.5) is 14.5 Å². The molecule has 0 fully saturated rings. The number of pyridine rings is 1. The van der Waals surface area contributed by atoms with E-state index in [2.05, 4.69) is 25.1 Å². The molecule has 0 spiro atoms. The summed E-state index contributed by atoms with van der Waals surface area (Å²) in [6, 6.07) is 4.61. The number of aromatic nitrogens is 4. The second-order valence-corrected chi connectivity index (χ2v) is 7.88. The highest BCUT2D eigenvalue weighted by Gasteiger charge is 2.43. The third-order valence-corrected chi connectivity index (χ3v) is 5.15. The smallest absolute Gasteiger partial charge is 0.388 e. The van der Waals surface area contributed by atoms with Crippen LogP contribution in [-0.4, -0.2) is 32.1 Å². The fraction of sp³-hybridized carbons (Fsp3) is 0.316. The predicted molar refractivity (Wildman–Crippen MR) is 103 cm³/mol. The van der Waals surface area contributed by atoms with Crippen molar-refractivity contribution in [3.05, 3.63) is 46.5 Å². The highest BCUT2D eigenvalue weighted by molar-refractivity contribution is 6.29. The Kier molecular flexibility index (Phi) is 4.78. The molecule has 30 heavy (non-hydrogen) atoms. The summed E-state index contributed by atoms with van der Waals surface area (Å²) in [5.41, 5.74) is 1.76. The number of nitriles is 1. The Labute approximate surface area is 174 Å². The molecule has 3 aromatic heterocycles. The minimum Gasteiger partial charge on any atom is -0.415 e. The van der Waals surface area contributed by atoms with E-state index in [0.29, 0.717) is 17.2 Å². The molecule has 0 radical (unpaired) electrons. The first-order chi connectivity index (χ1) is 14.2. The van der Waals surface area contributed by atoms with Crippen LogP contribution in [-0.2, 0) is 10.2 Å². The van der Waals surface area contributed by atoms with Crippen LogP contribution in [0.5, 0.6) is 5.88 Å². The number of anilines is 1. The topological polar surface area (TPSA) is 105 Å². The minimum absolute atomic E-state index is 0.195. The van der Waals surface area contributed by atoms with E-state index in [1.165, 1.54) is 6.07 Å². The van der Waals surface area contributed by atoms with E-state index < -0.39 is 18.4 Å². The molecule has 4 rings (SSSR count). The lowest BCUT2D eigenvalue weighted by atomic mass is 9.88. The lowest BCUT2D eigenvalue weighted by molar-refractivity contribution is -0.117. The Bertz CT molecular complexity index is 1200. The molecule has 1 aliphatic carbocycles. The summed E-state index contributed by atoms with van der Waals surface area (Å²) < 4.78 is 30.7. The Hall–Kier alpha value is -3.32. The summed E-state index contributed by atoms with van der Waals surface area (Å²) in [5, 5.41) is 16.4. The van der Waals surface area contributed by atoms with Crippen LogP contribution in [0.25, 0.3) is 5.65 Å². The third-order valence-electron chi connectivity index (χ3n) is 4.97. The van der Waals surface area contributed by atoms with Crippen LogP contribution >= 0.6 is 11.6 Å². The van der Waals surface area contributed by atoms with Crippen molar-refractivity contribution in [2.24, 2.45) is 0 Å². The zero-order valence-corrected chi connectivity index (χ0v) is 16.6. The number of rotatable bonds is 4. The van der Waals surface area contributed by atoms with Crippen molar-refractivity contribution in [2.75, 3.05) is 5.32 Å². The monoisotopic (exact) mass is 432 g/mol. The van der Waals surface area contributed by atoms with Crippen LogP contribution in [0, 0.1) is 11.3 Å². The molecule has 154 valence electrons. The van der Waals surface area contributed by atoms with Gasteiger partial charge < -0.3 is 10.1 Å². The van der Waals surface area contributed by atoms with Crippen molar-refractivity contribution in [3.63, 3.8) is 0 Å². The van der Waals surface area contributed by atoms with Gasteiger partial charge in [-0.15, -0.1) is 0 Å². The number of amides is 1. The van der Waals surface area contributed by atoms with Gasteiger partial charge >= 0.3 is 6.61 Å². The van der Waals surface area contributed by atoms with Gasteiger partial charge in [0.25, 0.3) is 0 Å². The van der Waals surface area contributed by atoms with E-state index in [4.69, 9.17) is 16.9 Å². The van der Waals surface area contributed by atoms with E-state index >= 15 is 0 Å². The molecule has 1 N–H and O–H groups in total. The third kappa shape index (κ3) is 3.41. The number of halogens is 3. The van der Waals surface area contributed by atoms with Crippen molar-refractivity contribution in [1.82, 2.24) is 19.6 Å². The average molecular weight is 433 g/mol. The quantitative estimate of drug-likeness (QED) is 0.674. The van der Waals surface area contributed by atoms with Crippen LogP contribution in [0.15, 0.2) is 24.5 Å². The Morgan fingerprint density at radius 1 is 1.40 bits per heavy atom. The maximum absolute atomic E-state index is 13.0. The molecule has 0 aromatic carbocycles. The van der Waals surface area contributed by atoms with Gasteiger partial charge in [0.2, 0.25) is 11.8 Å². The highest BCUT2D eigenvalue weighted by Crippen LogP contribution is 2.46. The molecule has 3 aromatic rings. The molecule has 0 aliphatic heterocycles. The van der Waals surface area contributed by atoms with Gasteiger partial charge in [-0.05, 0) is 12.5 Å². The Balaban J connectivity index is 1.65. The van der Waals surface area contributed by atoms with E-state index in [9.17, 15) is 13.6 Å². The Morgan fingerprint density at radius 3 is 2.87 bits per heavy atom. The molecule has 1 atom stereocenters. The molecule has 0 saturated heterocycles. The van der Waals surface area contributed by atoms with Crippen LogP contribution in [0.3, 0.4) is 0 Å². The molecule has 11 heteroatoms. The lowest BCUT2D eigenvalue weighted by Crippen LogP contribution is -2.22. The second-order valence-electron chi connectivity index (χ2n) is 7.50. The summed E-state index contributed by atoms with van der Waals surface area (Å²) >= 11 is 6.02. The number of fused-ring (bicyclic) bond motifs is 3. The van der Waals surface area contributed by atoms with Gasteiger partial charge in [0, 0.05) is 23.2 Å². The van der Waals surface area contributed by atoms with E-state index in [1.807, 2.05) is 13.8 Å². The number of alkyl halides is 2. The maximum Gasteiger partial charge on any atom is 0.388 e. The van der Waals surface area contributed by atoms with Gasteiger partial charge in [-0.1, -0.05) is 25.4 Å².